The van der Waals surface area contributed by atoms with Crippen LogP contribution >= 0.6 is 0 Å². The number of hydrogen-bond donors (Lipinski definition) is 0. The average molecular weight is 442 g/mol. The molecule has 1 saturated heterocycles. The maximum Gasteiger partial charge on any atom is 0.242 e. The van der Waals surface area contributed by atoms with E-state index < -0.39 is 9.84 Å². The summed E-state index contributed by atoms with van der Waals surface area (Å²) in [7, 11) is -3.02. The average Bonchev–Trinajstić information content (AvgIpc) is 3.03. The Morgan fingerprint density at radius 2 is 1.65 bits per heavy atom. The molecule has 4 rings (SSSR count). The highest BCUT2D eigenvalue weighted by atomic mass is 32.2. The summed E-state index contributed by atoms with van der Waals surface area (Å²) in [6.45, 7) is 5.31. The van der Waals surface area contributed by atoms with Crippen molar-refractivity contribution in [3.63, 3.8) is 0 Å². The van der Waals surface area contributed by atoms with Gasteiger partial charge in [-0.15, -0.1) is 0 Å². The van der Waals surface area contributed by atoms with E-state index in [-0.39, 0.29) is 30.0 Å². The van der Waals surface area contributed by atoms with Crippen LogP contribution in [-0.2, 0) is 21.2 Å². The summed E-state index contributed by atoms with van der Waals surface area (Å²) in [6, 6.07) is 18.5. The van der Waals surface area contributed by atoms with E-state index in [1.54, 1.807) is 4.90 Å². The van der Waals surface area contributed by atoms with Crippen molar-refractivity contribution in [3.8, 4) is 0 Å². The summed E-state index contributed by atoms with van der Waals surface area (Å²) < 4.78 is 23.8. The van der Waals surface area contributed by atoms with Crippen LogP contribution in [0.25, 0.3) is 0 Å². The van der Waals surface area contributed by atoms with Gasteiger partial charge in [0, 0.05) is 32.2 Å². The van der Waals surface area contributed by atoms with Gasteiger partial charge in [0.25, 0.3) is 0 Å². The molecule has 1 fully saturated rings. The van der Waals surface area contributed by atoms with E-state index in [0.717, 1.165) is 37.4 Å². The summed E-state index contributed by atoms with van der Waals surface area (Å²) in [5.41, 5.74) is 3.48. The minimum Gasteiger partial charge on any atom is -0.365 e. The largest absolute Gasteiger partial charge is 0.365 e. The van der Waals surface area contributed by atoms with E-state index in [9.17, 15) is 13.2 Å². The van der Waals surface area contributed by atoms with E-state index in [2.05, 4.69) is 46.2 Å². The fraction of sp³-hybridized carbons (Fsp3) is 0.458. The molecule has 2 aromatic rings. The highest BCUT2D eigenvalue weighted by Crippen LogP contribution is 2.33. The summed E-state index contributed by atoms with van der Waals surface area (Å²) >= 11 is 0. The number of carbonyl (C=O) groups is 1. The highest BCUT2D eigenvalue weighted by Gasteiger charge is 2.34. The monoisotopic (exact) mass is 441 g/mol. The first-order chi connectivity index (χ1) is 15.0. The molecule has 0 unspecified atom stereocenters. The molecule has 0 spiro atoms. The normalized spacial score (nSPS) is 20.2. The summed E-state index contributed by atoms with van der Waals surface area (Å²) in [5, 5.41) is 0. The van der Waals surface area contributed by atoms with Crippen molar-refractivity contribution in [2.24, 2.45) is 0 Å². The van der Waals surface area contributed by atoms with Gasteiger partial charge in [-0.3, -0.25) is 4.79 Å². The zero-order chi connectivity index (χ0) is 21.8. The van der Waals surface area contributed by atoms with Crippen LogP contribution in [0.4, 0.5) is 11.4 Å². The smallest absolute Gasteiger partial charge is 0.242 e. The molecule has 166 valence electrons. The molecule has 0 aromatic heterocycles. The first-order valence-corrected chi connectivity index (χ1v) is 12.9. The molecule has 0 radical (unpaired) electrons. The number of fused-ring (bicyclic) bond motifs is 1. The Kier molecular flexibility index (Phi) is 6.51. The van der Waals surface area contributed by atoms with Gasteiger partial charge in [0.15, 0.2) is 9.84 Å². The molecule has 1 atom stereocenters. The lowest BCUT2D eigenvalue weighted by atomic mass is 10.1. The number of amides is 1. The molecule has 7 heteroatoms. The van der Waals surface area contributed by atoms with Crippen LogP contribution in [0.3, 0.4) is 0 Å². The molecule has 2 aliphatic rings. The van der Waals surface area contributed by atoms with Crippen molar-refractivity contribution in [1.82, 2.24) is 4.90 Å². The summed E-state index contributed by atoms with van der Waals surface area (Å²) in [5.74, 6) is 0.284. The van der Waals surface area contributed by atoms with Gasteiger partial charge in [-0.05, 0) is 37.5 Å². The highest BCUT2D eigenvalue weighted by molar-refractivity contribution is 7.91. The number of rotatable bonds is 6. The maximum absolute atomic E-state index is 13.2. The number of para-hydroxylation sites is 2. The number of benzene rings is 2. The van der Waals surface area contributed by atoms with Gasteiger partial charge >= 0.3 is 0 Å². The SMILES string of the molecule is CCN(C(=O)CN1CCCN(Cc2ccccc2)c2ccccc21)[C@@H]1CCS(=O)(=O)C1. The molecule has 2 aliphatic heterocycles. The van der Waals surface area contributed by atoms with E-state index in [1.165, 1.54) is 5.56 Å². The van der Waals surface area contributed by atoms with Crippen molar-refractivity contribution >= 4 is 27.1 Å². The lowest BCUT2D eigenvalue weighted by Gasteiger charge is -2.32. The van der Waals surface area contributed by atoms with Gasteiger partial charge in [-0.25, -0.2) is 8.42 Å². The second-order valence-corrected chi connectivity index (χ2v) is 10.6. The van der Waals surface area contributed by atoms with Crippen LogP contribution < -0.4 is 9.80 Å². The zero-order valence-corrected chi connectivity index (χ0v) is 18.9. The number of nitrogens with zero attached hydrogens (tertiary/aromatic N) is 3. The third-order valence-electron chi connectivity index (χ3n) is 6.27. The molecule has 2 heterocycles. The Bertz CT molecular complexity index is 1010. The van der Waals surface area contributed by atoms with E-state index in [0.29, 0.717) is 13.0 Å². The fourth-order valence-corrected chi connectivity index (χ4v) is 6.47. The minimum atomic E-state index is -3.02. The van der Waals surface area contributed by atoms with Gasteiger partial charge in [0.2, 0.25) is 5.91 Å². The quantitative estimate of drug-likeness (QED) is 0.690. The standard InChI is InChI=1S/C24H31N3O3S/c1-2-27(21-13-16-31(29,30)19-21)24(28)18-26-15-8-14-25(17-20-9-4-3-5-10-20)22-11-6-7-12-23(22)26/h3-7,9-12,21H,2,8,13-19H2,1H3/t21-/m1/s1. The first-order valence-electron chi connectivity index (χ1n) is 11.1. The summed E-state index contributed by atoms with van der Waals surface area (Å²) in [6.07, 6.45) is 1.50. The number of carbonyl (C=O) groups excluding carboxylic acids is 1. The second-order valence-electron chi connectivity index (χ2n) is 8.41. The molecular weight excluding hydrogens is 410 g/mol. The van der Waals surface area contributed by atoms with E-state index >= 15 is 0 Å². The van der Waals surface area contributed by atoms with Gasteiger partial charge in [-0.2, -0.15) is 0 Å². The van der Waals surface area contributed by atoms with Crippen molar-refractivity contribution in [1.29, 1.82) is 0 Å². The Balaban J connectivity index is 1.52. The third-order valence-corrected chi connectivity index (χ3v) is 8.02. The predicted octanol–water partition coefficient (Wildman–Crippen LogP) is 2.94. The van der Waals surface area contributed by atoms with Crippen LogP contribution in [0.5, 0.6) is 0 Å². The lowest BCUT2D eigenvalue weighted by Crippen LogP contribution is -2.46. The maximum atomic E-state index is 13.2. The number of sulfone groups is 1. The molecular formula is C24H31N3O3S. The van der Waals surface area contributed by atoms with Crippen molar-refractivity contribution in [2.45, 2.75) is 32.4 Å². The molecule has 0 bridgehead atoms. The van der Waals surface area contributed by atoms with Crippen LogP contribution in [0.2, 0.25) is 0 Å². The van der Waals surface area contributed by atoms with E-state index in [1.807, 2.05) is 25.1 Å². The Morgan fingerprint density at radius 3 is 2.29 bits per heavy atom. The second kappa shape index (κ2) is 9.30. The number of anilines is 2. The first kappa shape index (κ1) is 21.7. The van der Waals surface area contributed by atoms with Crippen molar-refractivity contribution < 1.29 is 13.2 Å². The van der Waals surface area contributed by atoms with Gasteiger partial charge < -0.3 is 14.7 Å². The Labute approximate surface area is 185 Å². The van der Waals surface area contributed by atoms with E-state index in [4.69, 9.17) is 0 Å². The topological polar surface area (TPSA) is 60.9 Å². The molecule has 1 amide bonds. The third kappa shape index (κ3) is 5.03. The molecule has 6 nitrogen and oxygen atoms in total. The van der Waals surface area contributed by atoms with Crippen molar-refractivity contribution in [3.05, 3.63) is 60.2 Å². The molecule has 0 saturated carbocycles. The van der Waals surface area contributed by atoms with Gasteiger partial charge in [0.1, 0.15) is 0 Å². The zero-order valence-electron chi connectivity index (χ0n) is 18.1. The van der Waals surface area contributed by atoms with Crippen molar-refractivity contribution in [2.75, 3.05) is 47.5 Å². The molecule has 0 N–H and O–H groups in total. The summed E-state index contributed by atoms with van der Waals surface area (Å²) in [4.78, 5) is 19.5. The Hall–Kier alpha value is -2.54. The number of hydrogen-bond acceptors (Lipinski definition) is 5. The molecule has 31 heavy (non-hydrogen) atoms. The molecule has 0 aliphatic carbocycles. The Morgan fingerprint density at radius 1 is 1.00 bits per heavy atom. The fourth-order valence-electron chi connectivity index (χ4n) is 4.74. The van der Waals surface area contributed by atoms with Crippen LogP contribution in [-0.4, -0.2) is 63.0 Å². The molecule has 2 aromatic carbocycles. The minimum absolute atomic E-state index is 0.0101. The predicted molar refractivity (Wildman–Crippen MR) is 125 cm³/mol. The lowest BCUT2D eigenvalue weighted by molar-refractivity contribution is -0.131. The van der Waals surface area contributed by atoms with Crippen LogP contribution in [0, 0.1) is 0 Å². The van der Waals surface area contributed by atoms with Gasteiger partial charge in [-0.1, -0.05) is 42.5 Å². The van der Waals surface area contributed by atoms with Crippen LogP contribution in [0.1, 0.15) is 25.3 Å². The van der Waals surface area contributed by atoms with Gasteiger partial charge in [0.05, 0.1) is 29.4 Å². The van der Waals surface area contributed by atoms with Crippen LogP contribution in [0.15, 0.2) is 54.6 Å². The number of likely N-dealkylation sites (N-methyl/N-ethyl adjacent to an activating group) is 1.